The number of nitrogen functional groups attached to an aromatic ring is 1. The number of anilines is 2. The number of esters is 1. The molecule has 6 heteroatoms. The maximum Gasteiger partial charge on any atom is 0.340 e. The Morgan fingerprint density at radius 1 is 1.38 bits per heavy atom. The summed E-state index contributed by atoms with van der Waals surface area (Å²) in [5.41, 5.74) is 8.21. The second-order valence-electron chi connectivity index (χ2n) is 4.47. The molecule has 0 spiro atoms. The van der Waals surface area contributed by atoms with Gasteiger partial charge in [0.1, 0.15) is 5.82 Å². The molecule has 0 aliphatic carbocycles. The molecule has 1 aromatic heterocycles. The number of carbonyl (C=O) groups excluding carboxylic acids is 1. The minimum absolute atomic E-state index is 0.316. The molecular formula is C15H18N4O2. The Balaban J connectivity index is 2.10. The van der Waals surface area contributed by atoms with Gasteiger partial charge in [-0.05, 0) is 38.1 Å². The Labute approximate surface area is 123 Å². The van der Waals surface area contributed by atoms with Crippen molar-refractivity contribution >= 4 is 17.3 Å². The van der Waals surface area contributed by atoms with Crippen LogP contribution >= 0.6 is 0 Å². The maximum atomic E-state index is 11.8. The van der Waals surface area contributed by atoms with E-state index in [0.29, 0.717) is 24.4 Å². The van der Waals surface area contributed by atoms with E-state index in [1.807, 2.05) is 19.1 Å². The molecule has 2 rings (SSSR count). The van der Waals surface area contributed by atoms with Gasteiger partial charge in [0, 0.05) is 17.6 Å². The Hall–Kier alpha value is -2.63. The lowest BCUT2D eigenvalue weighted by Gasteiger charge is -2.10. The molecule has 0 amide bonds. The highest BCUT2D eigenvalue weighted by Crippen LogP contribution is 2.19. The predicted octanol–water partition coefficient (Wildman–Crippen LogP) is 2.16. The Morgan fingerprint density at radius 3 is 2.90 bits per heavy atom. The molecule has 1 heterocycles. The van der Waals surface area contributed by atoms with E-state index in [9.17, 15) is 4.79 Å². The maximum absolute atomic E-state index is 11.8. The van der Waals surface area contributed by atoms with Crippen molar-refractivity contribution in [3.05, 3.63) is 47.5 Å². The van der Waals surface area contributed by atoms with Crippen LogP contribution in [0.3, 0.4) is 0 Å². The van der Waals surface area contributed by atoms with Crippen LogP contribution in [0.25, 0.3) is 0 Å². The number of hydrogen-bond acceptors (Lipinski definition) is 6. The van der Waals surface area contributed by atoms with Crippen LogP contribution in [0.5, 0.6) is 0 Å². The zero-order valence-electron chi connectivity index (χ0n) is 12.1. The van der Waals surface area contributed by atoms with Crippen molar-refractivity contribution in [3.8, 4) is 0 Å². The summed E-state index contributed by atoms with van der Waals surface area (Å²) in [5, 5.41) is 3.20. The topological polar surface area (TPSA) is 90.1 Å². The molecule has 3 N–H and O–H groups in total. The summed E-state index contributed by atoms with van der Waals surface area (Å²) in [6.45, 7) is 4.45. The van der Waals surface area contributed by atoms with Gasteiger partial charge >= 0.3 is 5.97 Å². The molecule has 0 fully saturated rings. The van der Waals surface area contributed by atoms with E-state index in [2.05, 4.69) is 15.3 Å². The lowest BCUT2D eigenvalue weighted by atomic mass is 10.1. The van der Waals surface area contributed by atoms with Gasteiger partial charge in [0.2, 0.25) is 0 Å². The average molecular weight is 286 g/mol. The number of benzene rings is 1. The van der Waals surface area contributed by atoms with Crippen molar-refractivity contribution in [1.82, 2.24) is 9.97 Å². The van der Waals surface area contributed by atoms with Crippen LogP contribution in [0.2, 0.25) is 0 Å². The van der Waals surface area contributed by atoms with Gasteiger partial charge in [0.25, 0.3) is 0 Å². The number of nitrogens with one attached hydrogen (secondary N) is 1. The molecule has 0 saturated heterocycles. The summed E-state index contributed by atoms with van der Waals surface area (Å²) >= 11 is 0. The number of ether oxygens (including phenoxy) is 1. The average Bonchev–Trinajstić information content (AvgIpc) is 2.46. The smallest absolute Gasteiger partial charge is 0.340 e. The first-order valence-electron chi connectivity index (χ1n) is 6.69. The van der Waals surface area contributed by atoms with Gasteiger partial charge in [-0.1, -0.05) is 0 Å². The molecule has 0 saturated carbocycles. The zero-order chi connectivity index (χ0) is 15.2. The molecule has 0 aliphatic heterocycles. The van der Waals surface area contributed by atoms with Crippen LogP contribution in [0, 0.1) is 6.92 Å². The highest BCUT2D eigenvalue weighted by atomic mass is 16.5. The predicted molar refractivity (Wildman–Crippen MR) is 80.9 cm³/mol. The van der Waals surface area contributed by atoms with E-state index < -0.39 is 5.97 Å². The first-order valence-corrected chi connectivity index (χ1v) is 6.69. The van der Waals surface area contributed by atoms with Gasteiger partial charge in [-0.3, -0.25) is 0 Å². The summed E-state index contributed by atoms with van der Waals surface area (Å²) in [6.07, 6.45) is 1.71. The number of nitrogens with two attached hydrogens (primary N) is 1. The quantitative estimate of drug-likeness (QED) is 0.646. The molecule has 6 nitrogen and oxygen atoms in total. The number of rotatable bonds is 5. The molecule has 0 atom stereocenters. The number of nitrogens with zero attached hydrogens (tertiary/aromatic N) is 2. The molecular weight excluding hydrogens is 268 g/mol. The third kappa shape index (κ3) is 3.92. The molecule has 1 aromatic carbocycles. The van der Waals surface area contributed by atoms with E-state index >= 15 is 0 Å². The van der Waals surface area contributed by atoms with Crippen molar-refractivity contribution in [2.75, 3.05) is 17.7 Å². The first kappa shape index (κ1) is 14.8. The molecule has 0 unspecified atom stereocenters. The summed E-state index contributed by atoms with van der Waals surface area (Å²) < 4.78 is 4.97. The summed E-state index contributed by atoms with van der Waals surface area (Å²) in [5.74, 6) is 0.301. The second-order valence-corrected chi connectivity index (χ2v) is 4.47. The van der Waals surface area contributed by atoms with Crippen LogP contribution in [-0.2, 0) is 11.3 Å². The zero-order valence-corrected chi connectivity index (χ0v) is 12.1. The van der Waals surface area contributed by atoms with Crippen molar-refractivity contribution in [3.63, 3.8) is 0 Å². The van der Waals surface area contributed by atoms with Crippen LogP contribution in [-0.4, -0.2) is 22.5 Å². The van der Waals surface area contributed by atoms with Crippen molar-refractivity contribution in [1.29, 1.82) is 0 Å². The van der Waals surface area contributed by atoms with E-state index in [-0.39, 0.29) is 0 Å². The highest BCUT2D eigenvalue weighted by Gasteiger charge is 2.11. The van der Waals surface area contributed by atoms with Crippen LogP contribution in [0.1, 0.15) is 28.8 Å². The monoisotopic (exact) mass is 286 g/mol. The minimum Gasteiger partial charge on any atom is -0.462 e. The third-order valence-corrected chi connectivity index (χ3v) is 2.86. The van der Waals surface area contributed by atoms with Gasteiger partial charge in [-0.15, -0.1) is 0 Å². The summed E-state index contributed by atoms with van der Waals surface area (Å²) in [4.78, 5) is 20.1. The van der Waals surface area contributed by atoms with Gasteiger partial charge in [0.05, 0.1) is 24.4 Å². The first-order chi connectivity index (χ1) is 10.1. The van der Waals surface area contributed by atoms with E-state index in [4.69, 9.17) is 10.5 Å². The lowest BCUT2D eigenvalue weighted by molar-refractivity contribution is 0.0527. The third-order valence-electron chi connectivity index (χ3n) is 2.86. The fourth-order valence-corrected chi connectivity index (χ4v) is 1.85. The molecule has 0 bridgehead atoms. The summed E-state index contributed by atoms with van der Waals surface area (Å²) in [7, 11) is 0. The fourth-order valence-electron chi connectivity index (χ4n) is 1.85. The molecule has 110 valence electrons. The fraction of sp³-hybridized carbons (Fsp3) is 0.267. The Bertz CT molecular complexity index is 643. The van der Waals surface area contributed by atoms with Crippen LogP contribution in [0.4, 0.5) is 11.4 Å². The number of aryl methyl sites for hydroxylation is 1. The molecule has 0 aliphatic rings. The Kier molecular flexibility index (Phi) is 4.71. The highest BCUT2D eigenvalue weighted by molar-refractivity contribution is 5.96. The van der Waals surface area contributed by atoms with Gasteiger partial charge in [0.15, 0.2) is 0 Å². The summed E-state index contributed by atoms with van der Waals surface area (Å²) in [6, 6.07) is 7.01. The van der Waals surface area contributed by atoms with Crippen molar-refractivity contribution < 1.29 is 9.53 Å². The largest absolute Gasteiger partial charge is 0.462 e. The van der Waals surface area contributed by atoms with E-state index in [1.54, 1.807) is 25.3 Å². The van der Waals surface area contributed by atoms with Crippen LogP contribution < -0.4 is 11.1 Å². The second kappa shape index (κ2) is 6.69. The Morgan fingerprint density at radius 2 is 2.19 bits per heavy atom. The molecule has 0 radical (unpaired) electrons. The normalized spacial score (nSPS) is 10.2. The molecule has 21 heavy (non-hydrogen) atoms. The molecule has 2 aromatic rings. The van der Waals surface area contributed by atoms with Gasteiger partial charge in [-0.25, -0.2) is 14.8 Å². The standard InChI is InChI=1S/C15H18N4O2/c1-3-21-15(20)13-8-11(4-5-14(13)16)18-9-12-6-7-17-10(2)19-12/h4-8,18H,3,9,16H2,1-2H3. The van der Waals surface area contributed by atoms with Crippen LogP contribution in [0.15, 0.2) is 30.5 Å². The number of carbonyl (C=O) groups is 1. The SMILES string of the molecule is CCOC(=O)c1cc(NCc2ccnc(C)n2)ccc1N. The van der Waals surface area contributed by atoms with Gasteiger partial charge in [-0.2, -0.15) is 0 Å². The number of hydrogen-bond donors (Lipinski definition) is 2. The van der Waals surface area contributed by atoms with Crippen molar-refractivity contribution in [2.24, 2.45) is 0 Å². The minimum atomic E-state index is -0.420. The van der Waals surface area contributed by atoms with E-state index in [1.165, 1.54) is 0 Å². The number of aromatic nitrogens is 2. The van der Waals surface area contributed by atoms with Crippen molar-refractivity contribution in [2.45, 2.75) is 20.4 Å². The van der Waals surface area contributed by atoms with E-state index in [0.717, 1.165) is 17.2 Å². The van der Waals surface area contributed by atoms with Gasteiger partial charge < -0.3 is 15.8 Å². The lowest BCUT2D eigenvalue weighted by Crippen LogP contribution is -2.09.